The molecule has 0 aromatic heterocycles. The van der Waals surface area contributed by atoms with Crippen LogP contribution >= 0.6 is 0 Å². The van der Waals surface area contributed by atoms with E-state index in [1.807, 2.05) is 0 Å². The van der Waals surface area contributed by atoms with Crippen molar-refractivity contribution < 1.29 is 5.21 Å². The lowest BCUT2D eigenvalue weighted by Gasteiger charge is -2.28. The van der Waals surface area contributed by atoms with Crippen LogP contribution in [-0.2, 0) is 0 Å². The van der Waals surface area contributed by atoms with Crippen molar-refractivity contribution in [2.45, 2.75) is 38.6 Å². The first kappa shape index (κ1) is 7.03. The number of rotatable bonds is 1. The smallest absolute Gasteiger partial charge is 0.0430 e. The average Bonchev–Trinajstić information content (AvgIpc) is 2.15. The van der Waals surface area contributed by atoms with Crippen molar-refractivity contribution in [1.29, 1.82) is 0 Å². The summed E-state index contributed by atoms with van der Waals surface area (Å²) in [4.78, 5) is 0. The Balaban J connectivity index is 2.56. The van der Waals surface area contributed by atoms with E-state index in [4.69, 9.17) is 0 Å². The van der Waals surface area contributed by atoms with Gasteiger partial charge in [0.25, 0.3) is 0 Å². The summed E-state index contributed by atoms with van der Waals surface area (Å²) >= 11 is 0. The highest BCUT2D eigenvalue weighted by molar-refractivity contribution is 4.85. The highest BCUT2D eigenvalue weighted by Crippen LogP contribution is 2.29. The Labute approximate surface area is 56.4 Å². The van der Waals surface area contributed by atoms with Crippen LogP contribution in [0.2, 0.25) is 0 Å². The van der Waals surface area contributed by atoms with E-state index in [1.165, 1.54) is 5.06 Å². The van der Waals surface area contributed by atoms with E-state index in [-0.39, 0.29) is 5.54 Å². The van der Waals surface area contributed by atoms with Gasteiger partial charge in [-0.25, -0.2) is 0 Å². The van der Waals surface area contributed by atoms with Gasteiger partial charge in [-0.05, 0) is 26.2 Å². The van der Waals surface area contributed by atoms with E-state index in [0.717, 1.165) is 25.8 Å². The molecule has 1 aliphatic rings. The van der Waals surface area contributed by atoms with Crippen molar-refractivity contribution in [2.24, 2.45) is 0 Å². The van der Waals surface area contributed by atoms with Gasteiger partial charge in [0.2, 0.25) is 0 Å². The Hall–Kier alpha value is -0.0800. The molecule has 0 amide bonds. The fourth-order valence-corrected chi connectivity index (χ4v) is 1.37. The second-order valence-corrected chi connectivity index (χ2v) is 3.08. The molecule has 1 N–H and O–H groups in total. The molecule has 0 bridgehead atoms. The highest BCUT2D eigenvalue weighted by Gasteiger charge is 2.33. The summed E-state index contributed by atoms with van der Waals surface area (Å²) in [6, 6.07) is 0. The molecule has 0 saturated carbocycles. The van der Waals surface area contributed by atoms with Crippen molar-refractivity contribution in [1.82, 2.24) is 5.06 Å². The zero-order chi connectivity index (χ0) is 6.91. The summed E-state index contributed by atoms with van der Waals surface area (Å²) in [5.74, 6) is 0. The highest BCUT2D eigenvalue weighted by atomic mass is 16.5. The Kier molecular flexibility index (Phi) is 1.78. The third-order valence-corrected chi connectivity index (χ3v) is 2.47. The number of hydroxylamine groups is 2. The fourth-order valence-electron chi connectivity index (χ4n) is 1.37. The first-order valence-electron chi connectivity index (χ1n) is 3.65. The monoisotopic (exact) mass is 129 g/mol. The lowest BCUT2D eigenvalue weighted by atomic mass is 9.97. The maximum absolute atomic E-state index is 9.28. The van der Waals surface area contributed by atoms with E-state index in [2.05, 4.69) is 13.8 Å². The van der Waals surface area contributed by atoms with Crippen molar-refractivity contribution >= 4 is 0 Å². The standard InChI is InChI=1S/C7H15NO/c1-3-7(2)5-4-6-8(7)9/h9H,3-6H2,1-2H3. The summed E-state index contributed by atoms with van der Waals surface area (Å²) < 4.78 is 0. The van der Waals surface area contributed by atoms with Crippen LogP contribution in [0, 0.1) is 0 Å². The minimum absolute atomic E-state index is 0.0833. The van der Waals surface area contributed by atoms with Crippen LogP contribution in [0.5, 0.6) is 0 Å². The summed E-state index contributed by atoms with van der Waals surface area (Å²) in [7, 11) is 0. The minimum atomic E-state index is 0.0833. The van der Waals surface area contributed by atoms with E-state index >= 15 is 0 Å². The van der Waals surface area contributed by atoms with Crippen molar-refractivity contribution in [3.8, 4) is 0 Å². The van der Waals surface area contributed by atoms with Crippen LogP contribution in [0.4, 0.5) is 0 Å². The van der Waals surface area contributed by atoms with Gasteiger partial charge in [0, 0.05) is 12.1 Å². The molecule has 0 spiro atoms. The first-order chi connectivity index (χ1) is 4.19. The molecule has 0 aromatic rings. The number of hydrogen-bond acceptors (Lipinski definition) is 2. The first-order valence-corrected chi connectivity index (χ1v) is 3.65. The molecule has 1 heterocycles. The van der Waals surface area contributed by atoms with Gasteiger partial charge in [0.15, 0.2) is 0 Å². The van der Waals surface area contributed by atoms with Gasteiger partial charge in [0.05, 0.1) is 0 Å². The Morgan fingerprint density at radius 1 is 1.67 bits per heavy atom. The summed E-state index contributed by atoms with van der Waals surface area (Å²) in [6.07, 6.45) is 3.32. The largest absolute Gasteiger partial charge is 0.313 e. The second-order valence-electron chi connectivity index (χ2n) is 3.08. The van der Waals surface area contributed by atoms with E-state index in [9.17, 15) is 5.21 Å². The Morgan fingerprint density at radius 2 is 2.33 bits per heavy atom. The van der Waals surface area contributed by atoms with E-state index < -0.39 is 0 Å². The molecule has 2 heteroatoms. The van der Waals surface area contributed by atoms with Crippen LogP contribution < -0.4 is 0 Å². The maximum Gasteiger partial charge on any atom is 0.0430 e. The molecule has 2 nitrogen and oxygen atoms in total. The van der Waals surface area contributed by atoms with Gasteiger partial charge < -0.3 is 5.21 Å². The average molecular weight is 129 g/mol. The Bertz CT molecular complexity index is 105. The van der Waals surface area contributed by atoms with E-state index in [0.29, 0.717) is 0 Å². The molecule has 1 saturated heterocycles. The normalized spacial score (nSPS) is 37.7. The van der Waals surface area contributed by atoms with Crippen LogP contribution in [-0.4, -0.2) is 22.4 Å². The quantitative estimate of drug-likeness (QED) is 0.581. The zero-order valence-corrected chi connectivity index (χ0v) is 6.22. The van der Waals surface area contributed by atoms with Crippen LogP contribution in [0.3, 0.4) is 0 Å². The maximum atomic E-state index is 9.28. The lowest BCUT2D eigenvalue weighted by molar-refractivity contribution is -0.143. The predicted octanol–water partition coefficient (Wildman–Crippen LogP) is 1.64. The molecule has 0 aromatic carbocycles. The lowest BCUT2D eigenvalue weighted by Crippen LogP contribution is -2.37. The summed E-state index contributed by atoms with van der Waals surface area (Å²) in [5.41, 5.74) is 0.0833. The molecule has 1 atom stereocenters. The van der Waals surface area contributed by atoms with Gasteiger partial charge in [-0.1, -0.05) is 6.92 Å². The molecular formula is C7H15NO. The molecule has 1 aliphatic heterocycles. The molecule has 0 radical (unpaired) electrons. The van der Waals surface area contributed by atoms with Gasteiger partial charge in [0.1, 0.15) is 0 Å². The van der Waals surface area contributed by atoms with Crippen molar-refractivity contribution in [2.75, 3.05) is 6.54 Å². The van der Waals surface area contributed by atoms with Gasteiger partial charge >= 0.3 is 0 Å². The SMILES string of the molecule is CCC1(C)CCCN1O. The van der Waals surface area contributed by atoms with Crippen LogP contribution in [0.15, 0.2) is 0 Å². The van der Waals surface area contributed by atoms with E-state index in [1.54, 1.807) is 0 Å². The van der Waals surface area contributed by atoms with Gasteiger partial charge in [-0.2, -0.15) is 5.06 Å². The fraction of sp³-hybridized carbons (Fsp3) is 1.00. The van der Waals surface area contributed by atoms with Gasteiger partial charge in [-0.15, -0.1) is 0 Å². The topological polar surface area (TPSA) is 23.5 Å². The predicted molar refractivity (Wildman–Crippen MR) is 36.4 cm³/mol. The third kappa shape index (κ3) is 1.10. The number of hydrogen-bond donors (Lipinski definition) is 1. The third-order valence-electron chi connectivity index (χ3n) is 2.47. The van der Waals surface area contributed by atoms with Crippen molar-refractivity contribution in [3.63, 3.8) is 0 Å². The molecule has 54 valence electrons. The van der Waals surface area contributed by atoms with Crippen molar-refractivity contribution in [3.05, 3.63) is 0 Å². The molecule has 1 fully saturated rings. The summed E-state index contributed by atoms with van der Waals surface area (Å²) in [6.45, 7) is 5.08. The van der Waals surface area contributed by atoms with Gasteiger partial charge in [-0.3, -0.25) is 0 Å². The number of nitrogens with zero attached hydrogens (tertiary/aromatic N) is 1. The second kappa shape index (κ2) is 2.27. The Morgan fingerprint density at radius 3 is 2.56 bits per heavy atom. The summed E-state index contributed by atoms with van der Waals surface area (Å²) in [5, 5.41) is 10.8. The molecule has 0 aliphatic carbocycles. The molecular weight excluding hydrogens is 114 g/mol. The molecule has 1 rings (SSSR count). The van der Waals surface area contributed by atoms with Crippen LogP contribution in [0.1, 0.15) is 33.1 Å². The van der Waals surface area contributed by atoms with Crippen LogP contribution in [0.25, 0.3) is 0 Å². The zero-order valence-electron chi connectivity index (χ0n) is 6.22. The molecule has 9 heavy (non-hydrogen) atoms. The molecule has 1 unspecified atom stereocenters. The minimum Gasteiger partial charge on any atom is -0.313 e.